The fraction of sp³-hybridized carbons (Fsp3) is 0.421. The number of carbonyl (C=O) groups excluding carboxylic acids is 1. The molecule has 1 aromatic carbocycles. The van der Waals surface area contributed by atoms with E-state index in [1.807, 2.05) is 11.4 Å². The number of carbonyl (C=O) groups is 1. The minimum absolute atomic E-state index is 0.0784. The van der Waals surface area contributed by atoms with Crippen molar-refractivity contribution in [1.29, 1.82) is 0 Å². The van der Waals surface area contributed by atoms with Crippen molar-refractivity contribution in [2.75, 3.05) is 39.4 Å². The van der Waals surface area contributed by atoms with Crippen LogP contribution in [0, 0.1) is 0 Å². The van der Waals surface area contributed by atoms with Gasteiger partial charge < -0.3 is 15.4 Å². The molecule has 3 rings (SSSR count). The molecule has 0 aliphatic carbocycles. The number of nitrogens with zero attached hydrogens (tertiary/aromatic N) is 1. The van der Waals surface area contributed by atoms with Gasteiger partial charge in [-0.05, 0) is 35.6 Å². The van der Waals surface area contributed by atoms with E-state index in [4.69, 9.17) is 9.88 Å². The van der Waals surface area contributed by atoms with Gasteiger partial charge in [-0.25, -0.2) is 18.4 Å². The lowest BCUT2D eigenvalue weighted by atomic mass is 10.1. The van der Waals surface area contributed by atoms with Gasteiger partial charge in [-0.2, -0.15) is 0 Å². The topological polar surface area (TPSA) is 114 Å². The largest absolute Gasteiger partial charge is 0.379 e. The Morgan fingerprint density at radius 3 is 2.52 bits per heavy atom. The molecule has 1 aromatic heterocycles. The molecule has 1 aliphatic rings. The zero-order chi connectivity index (χ0) is 20.7. The molecule has 8 nitrogen and oxygen atoms in total. The molecule has 2 amide bonds. The monoisotopic (exact) mass is 438 g/mol. The molecule has 1 aliphatic heterocycles. The highest BCUT2D eigenvalue weighted by Gasteiger charge is 2.23. The summed E-state index contributed by atoms with van der Waals surface area (Å²) in [6.45, 7) is 4.08. The molecule has 0 saturated carbocycles. The SMILES string of the molecule is NS(=O)(=O)c1ccc(CCNC(=O)NCC(c2cccs2)N2CCOCC2)cc1. The molecule has 1 saturated heterocycles. The van der Waals surface area contributed by atoms with Crippen LogP contribution >= 0.6 is 11.3 Å². The van der Waals surface area contributed by atoms with Crippen LogP contribution in [0.3, 0.4) is 0 Å². The molecule has 158 valence electrons. The minimum atomic E-state index is -3.69. The van der Waals surface area contributed by atoms with Gasteiger partial charge in [0.1, 0.15) is 0 Å². The van der Waals surface area contributed by atoms with Crippen LogP contribution in [0.4, 0.5) is 4.79 Å². The van der Waals surface area contributed by atoms with E-state index in [0.717, 1.165) is 18.7 Å². The summed E-state index contributed by atoms with van der Waals surface area (Å²) in [6.07, 6.45) is 0.593. The second kappa shape index (κ2) is 10.2. The van der Waals surface area contributed by atoms with Crippen molar-refractivity contribution >= 4 is 27.4 Å². The first-order valence-corrected chi connectivity index (χ1v) is 11.8. The summed E-state index contributed by atoms with van der Waals surface area (Å²) in [6, 6.07) is 10.4. The number of morpholine rings is 1. The predicted molar refractivity (Wildman–Crippen MR) is 112 cm³/mol. The summed E-state index contributed by atoms with van der Waals surface area (Å²) in [7, 11) is -3.69. The first kappa shape index (κ1) is 21.7. The van der Waals surface area contributed by atoms with E-state index in [2.05, 4.69) is 21.6 Å². The van der Waals surface area contributed by atoms with Crippen molar-refractivity contribution in [2.45, 2.75) is 17.4 Å². The molecule has 1 unspecified atom stereocenters. The highest BCUT2D eigenvalue weighted by Crippen LogP contribution is 2.25. The maximum Gasteiger partial charge on any atom is 0.314 e. The van der Waals surface area contributed by atoms with Crippen LogP contribution < -0.4 is 15.8 Å². The van der Waals surface area contributed by atoms with Gasteiger partial charge in [0.05, 0.1) is 24.2 Å². The van der Waals surface area contributed by atoms with Crippen molar-refractivity contribution in [3.8, 4) is 0 Å². The van der Waals surface area contributed by atoms with E-state index in [0.29, 0.717) is 32.7 Å². The molecule has 4 N–H and O–H groups in total. The summed E-state index contributed by atoms with van der Waals surface area (Å²) in [5.74, 6) is 0. The lowest BCUT2D eigenvalue weighted by Crippen LogP contribution is -2.45. The summed E-state index contributed by atoms with van der Waals surface area (Å²) < 4.78 is 28.0. The second-order valence-corrected chi connectivity index (χ2v) is 9.30. The number of nitrogens with one attached hydrogen (secondary N) is 2. The fourth-order valence-corrected chi connectivity index (χ4v) is 4.57. The Bertz CT molecular complexity index is 879. The number of nitrogens with two attached hydrogens (primary N) is 1. The Kier molecular flexibility index (Phi) is 7.62. The molecule has 2 heterocycles. The number of urea groups is 1. The quantitative estimate of drug-likeness (QED) is 0.575. The third kappa shape index (κ3) is 6.51. The van der Waals surface area contributed by atoms with Crippen LogP contribution in [-0.2, 0) is 21.2 Å². The lowest BCUT2D eigenvalue weighted by Gasteiger charge is -2.34. The normalized spacial score (nSPS) is 16.3. The molecule has 0 bridgehead atoms. The highest BCUT2D eigenvalue weighted by molar-refractivity contribution is 7.89. The Balaban J connectivity index is 1.45. The predicted octanol–water partition coefficient (Wildman–Crippen LogP) is 1.31. The van der Waals surface area contributed by atoms with E-state index in [-0.39, 0.29) is 17.0 Å². The second-order valence-electron chi connectivity index (χ2n) is 6.76. The number of thiophene rings is 1. The average Bonchev–Trinajstić information content (AvgIpc) is 3.23. The molecular formula is C19H26N4O4S2. The number of sulfonamides is 1. The van der Waals surface area contributed by atoms with Gasteiger partial charge in [0.25, 0.3) is 0 Å². The fourth-order valence-electron chi connectivity index (χ4n) is 3.20. The van der Waals surface area contributed by atoms with Gasteiger partial charge in [-0.1, -0.05) is 18.2 Å². The number of ether oxygens (including phenoxy) is 1. The van der Waals surface area contributed by atoms with Gasteiger partial charge in [-0.15, -0.1) is 11.3 Å². The van der Waals surface area contributed by atoms with Crippen molar-refractivity contribution in [2.24, 2.45) is 5.14 Å². The number of hydrogen-bond acceptors (Lipinski definition) is 6. The van der Waals surface area contributed by atoms with Crippen LogP contribution in [-0.4, -0.2) is 58.7 Å². The zero-order valence-electron chi connectivity index (χ0n) is 16.0. The molecule has 29 heavy (non-hydrogen) atoms. The third-order valence-electron chi connectivity index (χ3n) is 4.77. The minimum Gasteiger partial charge on any atom is -0.379 e. The van der Waals surface area contributed by atoms with Crippen molar-refractivity contribution in [3.63, 3.8) is 0 Å². The number of amides is 2. The summed E-state index contributed by atoms with van der Waals surface area (Å²) >= 11 is 1.69. The summed E-state index contributed by atoms with van der Waals surface area (Å²) in [5, 5.41) is 12.9. The van der Waals surface area contributed by atoms with Crippen molar-refractivity contribution < 1.29 is 17.9 Å². The van der Waals surface area contributed by atoms with Crippen LogP contribution in [0.1, 0.15) is 16.5 Å². The van der Waals surface area contributed by atoms with E-state index >= 15 is 0 Å². The number of hydrogen-bond donors (Lipinski definition) is 3. The average molecular weight is 439 g/mol. The van der Waals surface area contributed by atoms with Crippen LogP contribution in [0.2, 0.25) is 0 Å². The van der Waals surface area contributed by atoms with E-state index in [1.165, 1.54) is 17.0 Å². The van der Waals surface area contributed by atoms with Gasteiger partial charge in [0.15, 0.2) is 0 Å². The Labute approximate surface area is 175 Å². The molecule has 1 fully saturated rings. The molecule has 2 aromatic rings. The highest BCUT2D eigenvalue weighted by atomic mass is 32.2. The molecule has 1 atom stereocenters. The van der Waals surface area contributed by atoms with Gasteiger partial charge in [0, 0.05) is 31.1 Å². The van der Waals surface area contributed by atoms with E-state index in [9.17, 15) is 13.2 Å². The van der Waals surface area contributed by atoms with Gasteiger partial charge in [-0.3, -0.25) is 4.90 Å². The maximum atomic E-state index is 12.2. The Morgan fingerprint density at radius 1 is 1.17 bits per heavy atom. The standard InChI is InChI=1S/C19H26N4O4S2/c20-29(25,26)16-5-3-15(4-6-16)7-8-21-19(24)22-14-17(18-2-1-13-28-18)23-9-11-27-12-10-23/h1-6,13,17H,7-12,14H2,(H2,20,25,26)(H2,21,22,24). The van der Waals surface area contributed by atoms with Crippen LogP contribution in [0.25, 0.3) is 0 Å². The smallest absolute Gasteiger partial charge is 0.314 e. The van der Waals surface area contributed by atoms with E-state index < -0.39 is 10.0 Å². The van der Waals surface area contributed by atoms with Crippen molar-refractivity contribution in [1.82, 2.24) is 15.5 Å². The summed E-state index contributed by atoms with van der Waals surface area (Å²) in [5.41, 5.74) is 0.919. The van der Waals surface area contributed by atoms with Crippen LogP contribution in [0.5, 0.6) is 0 Å². The summed E-state index contributed by atoms with van der Waals surface area (Å²) in [4.78, 5) is 15.9. The van der Waals surface area contributed by atoms with Gasteiger partial charge in [0.2, 0.25) is 10.0 Å². The molecule has 0 spiro atoms. The Hall–Kier alpha value is -1.98. The molecular weight excluding hydrogens is 412 g/mol. The lowest BCUT2D eigenvalue weighted by molar-refractivity contribution is 0.0174. The molecule has 0 radical (unpaired) electrons. The molecule has 10 heteroatoms. The van der Waals surface area contributed by atoms with Crippen LogP contribution in [0.15, 0.2) is 46.7 Å². The Morgan fingerprint density at radius 2 is 1.90 bits per heavy atom. The van der Waals surface area contributed by atoms with E-state index in [1.54, 1.807) is 23.5 Å². The van der Waals surface area contributed by atoms with Crippen molar-refractivity contribution in [3.05, 3.63) is 52.2 Å². The number of primary sulfonamides is 1. The number of benzene rings is 1. The first-order valence-electron chi connectivity index (χ1n) is 9.42. The van der Waals surface area contributed by atoms with Gasteiger partial charge >= 0.3 is 6.03 Å². The first-order chi connectivity index (χ1) is 13.9. The number of rotatable bonds is 8. The zero-order valence-corrected chi connectivity index (χ0v) is 17.7. The maximum absolute atomic E-state index is 12.2. The third-order valence-corrected chi connectivity index (χ3v) is 6.67.